The van der Waals surface area contributed by atoms with Gasteiger partial charge in [0.15, 0.2) is 5.78 Å². The molecule has 4 aromatic rings. The Labute approximate surface area is 346 Å². The summed E-state index contributed by atoms with van der Waals surface area (Å²) >= 11 is 0. The maximum absolute atomic E-state index is 12.1. The fourth-order valence-corrected chi connectivity index (χ4v) is 6.81. The second-order valence-corrected chi connectivity index (χ2v) is 15.6. The van der Waals surface area contributed by atoms with E-state index in [2.05, 4.69) is 105 Å². The molecule has 0 radical (unpaired) electrons. The van der Waals surface area contributed by atoms with Crippen molar-refractivity contribution in [1.29, 1.82) is 0 Å². The first-order valence-electron chi connectivity index (χ1n) is 20.9. The molecule has 0 unspecified atom stereocenters. The highest BCUT2D eigenvalue weighted by atomic mass is 16.5. The molecule has 0 spiro atoms. The molecule has 0 amide bonds. The maximum atomic E-state index is 12.1. The van der Waals surface area contributed by atoms with E-state index < -0.39 is 11.4 Å². The van der Waals surface area contributed by atoms with E-state index in [4.69, 9.17) is 14.2 Å². The number of carbonyl (C=O) groups is 2. The molecule has 0 saturated heterocycles. The number of hydrogen-bond donors (Lipinski definition) is 2. The zero-order valence-corrected chi connectivity index (χ0v) is 35.2. The highest BCUT2D eigenvalue weighted by molar-refractivity contribution is 5.95. The van der Waals surface area contributed by atoms with Gasteiger partial charge in [0.1, 0.15) is 12.4 Å². The molecule has 310 valence electrons. The molecule has 4 rings (SSSR count). The summed E-state index contributed by atoms with van der Waals surface area (Å²) in [5, 5.41) is 20.2. The number of hydrogen-bond acceptors (Lipinski definition) is 7. The zero-order chi connectivity index (χ0) is 41.9. The first-order chi connectivity index (χ1) is 28.0. The van der Waals surface area contributed by atoms with E-state index in [-0.39, 0.29) is 32.2 Å². The minimum absolute atomic E-state index is 0.00430. The second-order valence-electron chi connectivity index (χ2n) is 15.6. The minimum Gasteiger partial charge on any atom is -0.493 e. The number of esters is 1. The van der Waals surface area contributed by atoms with Gasteiger partial charge in [0.2, 0.25) is 0 Å². The number of carbonyl (C=O) groups excluding carboxylic acids is 2. The van der Waals surface area contributed by atoms with Gasteiger partial charge in [0, 0.05) is 17.6 Å². The van der Waals surface area contributed by atoms with Crippen LogP contribution in [-0.4, -0.2) is 61.6 Å². The third-order valence-electron chi connectivity index (χ3n) is 11.0. The van der Waals surface area contributed by atoms with Crippen molar-refractivity contribution in [2.24, 2.45) is 5.41 Å². The van der Waals surface area contributed by atoms with Crippen LogP contribution in [-0.2, 0) is 38.3 Å². The van der Waals surface area contributed by atoms with Crippen molar-refractivity contribution < 1.29 is 34.0 Å². The normalized spacial score (nSPS) is 11.3. The summed E-state index contributed by atoms with van der Waals surface area (Å²) in [6.07, 6.45) is 8.40. The lowest BCUT2D eigenvalue weighted by Gasteiger charge is -2.28. The van der Waals surface area contributed by atoms with Crippen LogP contribution in [0.3, 0.4) is 0 Å². The van der Waals surface area contributed by atoms with Crippen LogP contribution in [0.1, 0.15) is 89.3 Å². The molecule has 0 aliphatic heterocycles. The van der Waals surface area contributed by atoms with E-state index in [9.17, 15) is 19.8 Å². The van der Waals surface area contributed by atoms with Crippen LogP contribution in [0.15, 0.2) is 109 Å². The van der Waals surface area contributed by atoms with Gasteiger partial charge in [0.05, 0.1) is 26.4 Å². The third kappa shape index (κ3) is 13.6. The van der Waals surface area contributed by atoms with E-state index in [0.717, 1.165) is 45.6 Å². The van der Waals surface area contributed by atoms with Gasteiger partial charge in [-0.2, -0.15) is 0 Å². The van der Waals surface area contributed by atoms with Gasteiger partial charge >= 0.3 is 5.97 Å². The predicted octanol–water partition coefficient (Wildman–Crippen LogP) is 10.7. The summed E-state index contributed by atoms with van der Waals surface area (Å²) in [5.41, 5.74) is 10.3. The van der Waals surface area contributed by atoms with Crippen LogP contribution in [0, 0.1) is 5.41 Å². The first-order valence-corrected chi connectivity index (χ1v) is 20.9. The monoisotopic (exact) mass is 788 g/mol. The van der Waals surface area contributed by atoms with Gasteiger partial charge in [-0.05, 0) is 133 Å². The van der Waals surface area contributed by atoms with Crippen molar-refractivity contribution in [2.45, 2.75) is 91.9 Å². The number of aryl methyl sites for hydroxylation is 3. The van der Waals surface area contributed by atoms with Crippen molar-refractivity contribution in [2.75, 3.05) is 39.6 Å². The van der Waals surface area contributed by atoms with Gasteiger partial charge in [0.25, 0.3) is 0 Å². The molecular weight excluding hydrogens is 725 g/mol. The molecule has 2 N–H and O–H groups in total. The average molecular weight is 789 g/mol. The molecule has 58 heavy (non-hydrogen) atoms. The lowest BCUT2D eigenvalue weighted by atomic mass is 9.84. The topological polar surface area (TPSA) is 102 Å². The molecule has 0 fully saturated rings. The number of rotatable bonds is 26. The minimum atomic E-state index is -0.637. The third-order valence-corrected chi connectivity index (χ3v) is 11.0. The Kier molecular flexibility index (Phi) is 18.6. The first kappa shape index (κ1) is 45.9. The maximum Gasteiger partial charge on any atom is 0.333 e. The Bertz CT molecular complexity index is 1910. The number of ketones is 1. The number of unbranched alkanes of at least 4 members (excludes halogenated alkanes) is 2. The molecule has 4 aromatic carbocycles. The van der Waals surface area contributed by atoms with E-state index in [1.165, 1.54) is 36.0 Å². The molecular formula is C51H64O7. The van der Waals surface area contributed by atoms with Crippen molar-refractivity contribution in [1.82, 2.24) is 0 Å². The van der Waals surface area contributed by atoms with Gasteiger partial charge < -0.3 is 24.4 Å². The Morgan fingerprint density at radius 3 is 1.59 bits per heavy atom. The van der Waals surface area contributed by atoms with Crippen molar-refractivity contribution in [3.05, 3.63) is 126 Å². The predicted molar refractivity (Wildman–Crippen MR) is 236 cm³/mol. The Balaban J connectivity index is 1.60. The standard InChI is InChI=1S/C51H64O7/c1-7-9-10-13-39-16-18-40(19-17-39)41-20-22-42(23-21-41)43-24-26-44(27-25-43)47-32-45(14-11-29-56-34-48(54)37(3)4)49(57-31-28-51(8-2,35-52)36-53)46(33-47)15-12-30-58-50(55)38(5)6/h16-27,32-33,52-53H,3,5,7-15,28-31,34-36H2,1-2,4,6H3. The number of benzene rings is 4. The molecule has 0 aliphatic rings. The summed E-state index contributed by atoms with van der Waals surface area (Å²) in [6, 6.07) is 30.5. The van der Waals surface area contributed by atoms with Crippen molar-refractivity contribution in [3.63, 3.8) is 0 Å². The summed E-state index contributed by atoms with van der Waals surface area (Å²) in [6.45, 7) is 15.6. The molecule has 7 nitrogen and oxygen atoms in total. The fourth-order valence-electron chi connectivity index (χ4n) is 6.81. The number of ether oxygens (including phenoxy) is 3. The number of Topliss-reactive ketones (excluding diaryl/α,β-unsaturated/α-hetero) is 1. The Morgan fingerprint density at radius 1 is 0.621 bits per heavy atom. The fraction of sp³-hybridized carbons (Fsp3) is 0.412. The molecule has 0 bridgehead atoms. The highest BCUT2D eigenvalue weighted by Gasteiger charge is 2.27. The van der Waals surface area contributed by atoms with E-state index in [1.54, 1.807) is 13.8 Å². The van der Waals surface area contributed by atoms with Crippen LogP contribution in [0.4, 0.5) is 0 Å². The molecule has 0 aliphatic carbocycles. The summed E-state index contributed by atoms with van der Waals surface area (Å²) < 4.78 is 17.7. The number of aliphatic hydroxyl groups excluding tert-OH is 2. The molecule has 0 heterocycles. The lowest BCUT2D eigenvalue weighted by Crippen LogP contribution is -2.31. The summed E-state index contributed by atoms with van der Waals surface area (Å²) in [5.74, 6) is 0.216. The quantitative estimate of drug-likeness (QED) is 0.0371. The van der Waals surface area contributed by atoms with E-state index >= 15 is 0 Å². The van der Waals surface area contributed by atoms with E-state index in [1.807, 2.05) is 6.92 Å². The van der Waals surface area contributed by atoms with Gasteiger partial charge in [-0.15, -0.1) is 0 Å². The van der Waals surface area contributed by atoms with E-state index in [0.29, 0.717) is 62.9 Å². The van der Waals surface area contributed by atoms with Crippen LogP contribution >= 0.6 is 0 Å². The largest absolute Gasteiger partial charge is 0.493 e. The molecule has 0 aromatic heterocycles. The van der Waals surface area contributed by atoms with Crippen LogP contribution in [0.2, 0.25) is 0 Å². The van der Waals surface area contributed by atoms with Crippen LogP contribution < -0.4 is 4.74 Å². The van der Waals surface area contributed by atoms with Gasteiger partial charge in [-0.25, -0.2) is 4.79 Å². The summed E-state index contributed by atoms with van der Waals surface area (Å²) in [7, 11) is 0. The summed E-state index contributed by atoms with van der Waals surface area (Å²) in [4.78, 5) is 24.2. The second kappa shape index (κ2) is 23.6. The SMILES string of the molecule is C=C(C)C(=O)COCCCc1cc(-c2ccc(-c3ccc(-c4ccc(CCCCC)cc4)cc3)cc2)cc(CCCOC(=O)C(=C)C)c1OCCC(CC)(CO)CO. The van der Waals surface area contributed by atoms with Crippen LogP contribution in [0.25, 0.3) is 33.4 Å². The van der Waals surface area contributed by atoms with Crippen molar-refractivity contribution in [3.8, 4) is 39.1 Å². The lowest BCUT2D eigenvalue weighted by molar-refractivity contribution is -0.139. The zero-order valence-electron chi connectivity index (χ0n) is 35.2. The molecule has 0 saturated carbocycles. The molecule has 0 atom stereocenters. The smallest absolute Gasteiger partial charge is 0.333 e. The highest BCUT2D eigenvalue weighted by Crippen LogP contribution is 2.36. The van der Waals surface area contributed by atoms with Crippen molar-refractivity contribution >= 4 is 11.8 Å². The van der Waals surface area contributed by atoms with Crippen LogP contribution in [0.5, 0.6) is 5.75 Å². The Morgan fingerprint density at radius 2 is 1.12 bits per heavy atom. The average Bonchev–Trinajstić information content (AvgIpc) is 3.24. The van der Waals surface area contributed by atoms with Gasteiger partial charge in [-0.1, -0.05) is 113 Å². The number of aliphatic hydroxyl groups is 2. The molecule has 7 heteroatoms. The van der Waals surface area contributed by atoms with Gasteiger partial charge in [-0.3, -0.25) is 4.79 Å². The Hall–Kier alpha value is -4.82.